The summed E-state index contributed by atoms with van der Waals surface area (Å²) in [5.74, 6) is -0.0180. The minimum absolute atomic E-state index is 0.110. The van der Waals surface area contributed by atoms with Gasteiger partial charge in [-0.3, -0.25) is 9.59 Å². The van der Waals surface area contributed by atoms with Gasteiger partial charge >= 0.3 is 0 Å². The van der Waals surface area contributed by atoms with Crippen molar-refractivity contribution in [1.29, 1.82) is 0 Å². The molecule has 98 valence electrons. The maximum absolute atomic E-state index is 11.8. The van der Waals surface area contributed by atoms with Crippen LogP contribution in [0, 0.1) is 0 Å². The Balaban J connectivity index is 1.94. The summed E-state index contributed by atoms with van der Waals surface area (Å²) in [6, 6.07) is 2.82. The second-order valence-corrected chi connectivity index (χ2v) is 4.21. The van der Waals surface area contributed by atoms with E-state index in [9.17, 15) is 9.59 Å². The maximum atomic E-state index is 11.8. The van der Waals surface area contributed by atoms with E-state index in [1.807, 2.05) is 0 Å². The number of rotatable bonds is 3. The van der Waals surface area contributed by atoms with Gasteiger partial charge in [-0.2, -0.15) is 5.10 Å². The fourth-order valence-electron chi connectivity index (χ4n) is 1.83. The fraction of sp³-hybridized carbons (Fsp3) is 0.545. The Hall–Kier alpha value is -1.89. The third-order valence-corrected chi connectivity index (χ3v) is 2.77. The minimum atomic E-state index is -0.341. The number of hydrogen-bond acceptors (Lipinski definition) is 5. The highest BCUT2D eigenvalue weighted by atomic mass is 16.5. The Morgan fingerprint density at radius 1 is 1.50 bits per heavy atom. The molecule has 1 saturated heterocycles. The number of nitrogens with two attached hydrogens (primary N) is 1. The van der Waals surface area contributed by atoms with Gasteiger partial charge in [0.15, 0.2) is 0 Å². The Bertz CT molecular complexity index is 479. The van der Waals surface area contributed by atoms with Crippen molar-refractivity contribution in [3.63, 3.8) is 0 Å². The molecule has 7 heteroatoms. The van der Waals surface area contributed by atoms with Crippen molar-refractivity contribution >= 4 is 11.7 Å². The highest BCUT2D eigenvalue weighted by Crippen LogP contribution is 2.05. The lowest BCUT2D eigenvalue weighted by atomic mass is 10.1. The van der Waals surface area contributed by atoms with Gasteiger partial charge in [0.1, 0.15) is 12.4 Å². The molecule has 0 bridgehead atoms. The van der Waals surface area contributed by atoms with Crippen LogP contribution in [0.1, 0.15) is 12.8 Å². The SMILES string of the molecule is Nc1ccc(=O)n(CC(=O)NC2CCOCC2)n1. The summed E-state index contributed by atoms with van der Waals surface area (Å²) >= 11 is 0. The van der Waals surface area contributed by atoms with Crippen LogP contribution >= 0.6 is 0 Å². The third-order valence-electron chi connectivity index (χ3n) is 2.77. The zero-order valence-corrected chi connectivity index (χ0v) is 9.96. The number of ether oxygens (including phenoxy) is 1. The maximum Gasteiger partial charge on any atom is 0.267 e. The molecule has 1 fully saturated rings. The zero-order chi connectivity index (χ0) is 13.0. The highest BCUT2D eigenvalue weighted by molar-refractivity contribution is 5.75. The predicted molar refractivity (Wildman–Crippen MR) is 64.9 cm³/mol. The minimum Gasteiger partial charge on any atom is -0.382 e. The lowest BCUT2D eigenvalue weighted by molar-refractivity contribution is -0.123. The molecule has 2 heterocycles. The molecule has 1 aliphatic heterocycles. The number of nitrogen functional groups attached to an aromatic ring is 1. The summed E-state index contributed by atoms with van der Waals surface area (Å²) in [5, 5.41) is 6.66. The summed E-state index contributed by atoms with van der Waals surface area (Å²) in [7, 11) is 0. The van der Waals surface area contributed by atoms with Crippen LogP contribution in [0.3, 0.4) is 0 Å². The second-order valence-electron chi connectivity index (χ2n) is 4.21. The molecule has 1 aromatic rings. The van der Waals surface area contributed by atoms with Crippen molar-refractivity contribution in [3.8, 4) is 0 Å². The van der Waals surface area contributed by atoms with Crippen molar-refractivity contribution in [2.24, 2.45) is 0 Å². The monoisotopic (exact) mass is 252 g/mol. The second kappa shape index (κ2) is 5.63. The van der Waals surface area contributed by atoms with E-state index >= 15 is 0 Å². The number of anilines is 1. The van der Waals surface area contributed by atoms with Gasteiger partial charge in [0.25, 0.3) is 5.56 Å². The molecule has 0 aromatic carbocycles. The van der Waals surface area contributed by atoms with Crippen LogP contribution in [0.5, 0.6) is 0 Å². The Labute approximate surface area is 104 Å². The molecule has 0 atom stereocenters. The zero-order valence-electron chi connectivity index (χ0n) is 9.96. The molecular weight excluding hydrogens is 236 g/mol. The van der Waals surface area contributed by atoms with E-state index in [1.165, 1.54) is 12.1 Å². The Morgan fingerprint density at radius 3 is 2.94 bits per heavy atom. The lowest BCUT2D eigenvalue weighted by Crippen LogP contribution is -2.42. The molecule has 0 saturated carbocycles. The largest absolute Gasteiger partial charge is 0.382 e. The molecule has 0 aliphatic carbocycles. The van der Waals surface area contributed by atoms with Crippen LogP contribution in [0.15, 0.2) is 16.9 Å². The van der Waals surface area contributed by atoms with Gasteiger partial charge in [0.05, 0.1) is 0 Å². The molecule has 1 aromatic heterocycles. The summed E-state index contributed by atoms with van der Waals surface area (Å²) in [6.45, 7) is 1.20. The number of nitrogens with one attached hydrogen (secondary N) is 1. The lowest BCUT2D eigenvalue weighted by Gasteiger charge is -2.23. The quantitative estimate of drug-likeness (QED) is 0.728. The average Bonchev–Trinajstić information content (AvgIpc) is 2.35. The van der Waals surface area contributed by atoms with Crippen molar-refractivity contribution in [3.05, 3.63) is 22.5 Å². The van der Waals surface area contributed by atoms with Crippen LogP contribution in [0.4, 0.5) is 5.82 Å². The van der Waals surface area contributed by atoms with Crippen molar-refractivity contribution in [2.45, 2.75) is 25.4 Å². The normalized spacial score (nSPS) is 16.4. The molecule has 7 nitrogen and oxygen atoms in total. The van der Waals surface area contributed by atoms with E-state index in [1.54, 1.807) is 0 Å². The molecule has 0 spiro atoms. The number of amides is 1. The summed E-state index contributed by atoms with van der Waals surface area (Å²) < 4.78 is 6.26. The molecule has 0 radical (unpaired) electrons. The topological polar surface area (TPSA) is 99.2 Å². The summed E-state index contributed by atoms with van der Waals surface area (Å²) in [4.78, 5) is 23.2. The molecule has 1 aliphatic rings. The molecule has 1 amide bonds. The van der Waals surface area contributed by atoms with Crippen molar-refractivity contribution in [1.82, 2.24) is 15.1 Å². The van der Waals surface area contributed by atoms with E-state index in [4.69, 9.17) is 10.5 Å². The average molecular weight is 252 g/mol. The number of hydrogen-bond donors (Lipinski definition) is 2. The summed E-state index contributed by atoms with van der Waals surface area (Å²) in [6.07, 6.45) is 1.59. The van der Waals surface area contributed by atoms with E-state index in [-0.39, 0.29) is 29.9 Å². The van der Waals surface area contributed by atoms with Gasteiger partial charge in [-0.1, -0.05) is 0 Å². The van der Waals surface area contributed by atoms with Gasteiger partial charge in [0, 0.05) is 25.3 Å². The molecule has 3 N–H and O–H groups in total. The van der Waals surface area contributed by atoms with Gasteiger partial charge < -0.3 is 15.8 Å². The third kappa shape index (κ3) is 3.30. The van der Waals surface area contributed by atoms with Gasteiger partial charge in [0.2, 0.25) is 5.91 Å². The van der Waals surface area contributed by atoms with Crippen LogP contribution in [0.25, 0.3) is 0 Å². The number of carbonyl (C=O) groups is 1. The first-order chi connectivity index (χ1) is 8.65. The molecule has 0 unspecified atom stereocenters. The fourth-order valence-corrected chi connectivity index (χ4v) is 1.83. The standard InChI is InChI=1S/C11H16N4O3/c12-9-1-2-11(17)15(14-9)7-10(16)13-8-3-5-18-6-4-8/h1-2,8H,3-7H2,(H2,12,14)(H,13,16). The predicted octanol–water partition coefficient (Wildman–Crippen LogP) is -0.879. The van der Waals surface area contributed by atoms with Crippen LogP contribution in [-0.2, 0) is 16.1 Å². The first kappa shape index (κ1) is 12.6. The highest BCUT2D eigenvalue weighted by Gasteiger charge is 2.16. The summed E-state index contributed by atoms with van der Waals surface area (Å²) in [5.41, 5.74) is 5.13. The van der Waals surface area contributed by atoms with Gasteiger partial charge in [-0.05, 0) is 18.9 Å². The number of nitrogens with zero attached hydrogens (tertiary/aromatic N) is 2. The van der Waals surface area contributed by atoms with Gasteiger partial charge in [-0.15, -0.1) is 0 Å². The van der Waals surface area contributed by atoms with E-state index in [0.29, 0.717) is 13.2 Å². The van der Waals surface area contributed by atoms with Crippen LogP contribution < -0.4 is 16.6 Å². The molecule has 18 heavy (non-hydrogen) atoms. The smallest absolute Gasteiger partial charge is 0.267 e. The number of carbonyl (C=O) groups excluding carboxylic acids is 1. The molecular formula is C11H16N4O3. The Kier molecular flexibility index (Phi) is 3.93. The van der Waals surface area contributed by atoms with Gasteiger partial charge in [-0.25, -0.2) is 4.68 Å². The first-order valence-electron chi connectivity index (χ1n) is 5.86. The number of aromatic nitrogens is 2. The van der Waals surface area contributed by atoms with Crippen molar-refractivity contribution < 1.29 is 9.53 Å². The van der Waals surface area contributed by atoms with Crippen LogP contribution in [-0.4, -0.2) is 34.9 Å². The van der Waals surface area contributed by atoms with E-state index < -0.39 is 0 Å². The van der Waals surface area contributed by atoms with Crippen molar-refractivity contribution in [2.75, 3.05) is 18.9 Å². The van der Waals surface area contributed by atoms with Crippen LogP contribution in [0.2, 0.25) is 0 Å². The Morgan fingerprint density at radius 2 is 2.22 bits per heavy atom. The molecule has 2 rings (SSSR count). The van der Waals surface area contributed by atoms with E-state index in [0.717, 1.165) is 17.5 Å². The first-order valence-corrected chi connectivity index (χ1v) is 5.86. The van der Waals surface area contributed by atoms with E-state index in [2.05, 4.69) is 10.4 Å².